The van der Waals surface area contributed by atoms with Crippen molar-refractivity contribution in [3.8, 4) is 50.6 Å². The topological polar surface area (TPSA) is 197 Å². The summed E-state index contributed by atoms with van der Waals surface area (Å²) < 4.78 is 150. The first-order valence-corrected chi connectivity index (χ1v) is 32.8. The number of aromatic nitrogens is 6. The third-order valence-electron chi connectivity index (χ3n) is 15.4. The van der Waals surface area contributed by atoms with Gasteiger partial charge in [-0.25, -0.2) is 23.4 Å². The van der Waals surface area contributed by atoms with Crippen molar-refractivity contribution in [3.63, 3.8) is 0 Å². The number of ketones is 1. The van der Waals surface area contributed by atoms with Crippen LogP contribution in [0, 0.1) is 0 Å². The summed E-state index contributed by atoms with van der Waals surface area (Å²) in [5, 5.41) is 10.1. The zero-order valence-electron chi connectivity index (χ0n) is 53.0. The van der Waals surface area contributed by atoms with Crippen LogP contribution in [0.2, 0.25) is 0 Å². The molecule has 0 bridgehead atoms. The van der Waals surface area contributed by atoms with Gasteiger partial charge in [-0.2, -0.15) is 39.5 Å². The molecule has 12 rings (SSSR count). The maximum atomic E-state index is 12.3. The number of carbonyl (C=O) groups is 1. The molecular formula is C74H66F9N7O7S. The number of anilines is 1. The highest BCUT2D eigenvalue weighted by molar-refractivity contribution is 7.92. The van der Waals surface area contributed by atoms with Crippen LogP contribution in [-0.4, -0.2) is 93.8 Å². The lowest BCUT2D eigenvalue weighted by molar-refractivity contribution is -0.154. The van der Waals surface area contributed by atoms with E-state index >= 15 is 0 Å². The number of nitrogens with zero attached hydrogens (tertiary/aromatic N) is 3. The molecule has 1 atom stereocenters. The number of sulfonamides is 1. The molecule has 0 aliphatic heterocycles. The van der Waals surface area contributed by atoms with Crippen LogP contribution < -0.4 is 18.9 Å². The van der Waals surface area contributed by atoms with Crippen molar-refractivity contribution in [1.29, 1.82) is 0 Å². The Bertz CT molecular complexity index is 4800. The molecule has 24 heteroatoms. The van der Waals surface area contributed by atoms with Crippen LogP contribution in [0.5, 0.6) is 17.2 Å². The summed E-state index contributed by atoms with van der Waals surface area (Å²) in [4.78, 5) is 35.8. The number of ether oxygens (including phenoxy) is 3. The lowest BCUT2D eigenvalue weighted by Gasteiger charge is -2.11. The molecule has 98 heavy (non-hydrogen) atoms. The predicted octanol–water partition coefficient (Wildman–Crippen LogP) is 17.5. The minimum absolute atomic E-state index is 0.0146. The van der Waals surface area contributed by atoms with Crippen LogP contribution >= 0.6 is 0 Å². The number of carbonyl (C=O) groups excluding carboxylic acids is 1. The standard InChI is InChI=1S/C25H23F3N2O2.C25H21F3N2O2.C24H22F3N3O3S/c2*1-16(31)20-4-2-3-5-21(20)18-9-12-22-23(14-18)30-24(29-22)13-8-17-6-10-19(11-7-17)32-15-25(26,27)28;1-34(31,32)30-20-5-3-2-4-19(20)17-9-12-21-22(14-17)29-23(28-21)13-8-16-6-10-18(11-7-16)33-15-24(25,26)27/h2-7,9-12,14,16,31H,8,13,15H2,1H3,(H,29,30);2-7,9-12,14H,8,13,15H2,1H3,(H,29,30);2-7,9-12,14,30H,8,13,15H2,1H3,(H,28,29). The maximum absolute atomic E-state index is 12.3. The molecule has 0 aliphatic rings. The lowest BCUT2D eigenvalue weighted by atomic mass is 9.96. The van der Waals surface area contributed by atoms with E-state index in [4.69, 9.17) is 14.2 Å². The minimum Gasteiger partial charge on any atom is -0.484 e. The molecule has 3 heterocycles. The van der Waals surface area contributed by atoms with E-state index in [0.717, 1.165) is 112 Å². The molecule has 12 aromatic rings. The summed E-state index contributed by atoms with van der Waals surface area (Å²) in [6.07, 6.45) is -8.59. The Hall–Kier alpha value is -10.5. The van der Waals surface area contributed by atoms with Crippen LogP contribution in [0.25, 0.3) is 66.5 Å². The molecule has 9 aromatic carbocycles. The molecule has 0 amide bonds. The summed E-state index contributed by atoms with van der Waals surface area (Å²) in [6, 6.07) is 59.7. The highest BCUT2D eigenvalue weighted by Crippen LogP contribution is 2.34. The SMILES string of the molecule is CC(=O)c1ccccc1-c1ccc2nc(CCc3ccc(OCC(F)(F)F)cc3)[nH]c2c1.CC(O)c1ccccc1-c1ccc2nc(CCc3ccc(OCC(F)(F)F)cc3)[nH]c2c1.CS(=O)(=O)Nc1ccccc1-c1ccc2nc(CCc3ccc(OCC(F)(F)F)cc3)[nH]c2c1. The van der Waals surface area contributed by atoms with Crippen molar-refractivity contribution < 1.29 is 72.0 Å². The highest BCUT2D eigenvalue weighted by Gasteiger charge is 2.30. The quantitative estimate of drug-likeness (QED) is 0.0322. The molecule has 14 nitrogen and oxygen atoms in total. The molecule has 508 valence electrons. The average molecular weight is 1370 g/mol. The zero-order valence-corrected chi connectivity index (χ0v) is 53.9. The molecular weight excluding hydrogens is 1300 g/mol. The van der Waals surface area contributed by atoms with Crippen molar-refractivity contribution in [1.82, 2.24) is 29.9 Å². The fourth-order valence-electron chi connectivity index (χ4n) is 10.8. The van der Waals surface area contributed by atoms with Crippen molar-refractivity contribution in [2.24, 2.45) is 0 Å². The molecule has 0 spiro atoms. The van der Waals surface area contributed by atoms with E-state index < -0.39 is 54.5 Å². The number of hydrogen-bond acceptors (Lipinski definition) is 10. The second-order valence-electron chi connectivity index (χ2n) is 23.2. The molecule has 3 aromatic heterocycles. The lowest BCUT2D eigenvalue weighted by Crippen LogP contribution is -2.19. The van der Waals surface area contributed by atoms with Crippen molar-refractivity contribution in [3.05, 3.63) is 245 Å². The molecule has 0 fully saturated rings. The number of aromatic amines is 3. The molecule has 0 aliphatic carbocycles. The number of hydrogen-bond donors (Lipinski definition) is 5. The van der Waals surface area contributed by atoms with Gasteiger partial charge in [-0.3, -0.25) is 9.52 Å². The third-order valence-corrected chi connectivity index (χ3v) is 16.0. The monoisotopic (exact) mass is 1370 g/mol. The van der Waals surface area contributed by atoms with E-state index in [-0.39, 0.29) is 23.0 Å². The number of aliphatic hydroxyl groups is 1. The average Bonchev–Trinajstić information content (AvgIpc) is 1.58. The number of H-pyrrole nitrogens is 3. The number of fused-ring (bicyclic) bond motifs is 3. The van der Waals surface area contributed by atoms with Gasteiger partial charge in [0.25, 0.3) is 0 Å². The number of aliphatic hydroxyl groups excluding tert-OH is 1. The first kappa shape index (κ1) is 70.3. The first-order valence-electron chi connectivity index (χ1n) is 30.9. The van der Waals surface area contributed by atoms with E-state index in [2.05, 4.69) is 34.6 Å². The van der Waals surface area contributed by atoms with Gasteiger partial charge in [0.1, 0.15) is 34.7 Å². The Labute approximate surface area is 558 Å². The number of rotatable bonds is 22. The smallest absolute Gasteiger partial charge is 0.422 e. The Kier molecular flexibility index (Phi) is 22.1. The van der Waals surface area contributed by atoms with Crippen LogP contribution in [0.15, 0.2) is 200 Å². The first-order chi connectivity index (χ1) is 46.6. The number of para-hydroxylation sites is 1. The van der Waals surface area contributed by atoms with Crippen LogP contribution in [0.3, 0.4) is 0 Å². The van der Waals surface area contributed by atoms with E-state index in [1.807, 2.05) is 115 Å². The number of halogens is 9. The third kappa shape index (κ3) is 20.3. The number of alkyl halides is 9. The van der Waals surface area contributed by atoms with Crippen LogP contribution in [0.1, 0.15) is 70.0 Å². The molecule has 5 N–H and O–H groups in total. The van der Waals surface area contributed by atoms with Gasteiger partial charge in [0.15, 0.2) is 25.6 Å². The van der Waals surface area contributed by atoms with Gasteiger partial charge in [0.2, 0.25) is 10.0 Å². The van der Waals surface area contributed by atoms with Crippen molar-refractivity contribution in [2.75, 3.05) is 30.8 Å². The maximum Gasteiger partial charge on any atom is 0.422 e. The molecule has 1 unspecified atom stereocenters. The molecule has 0 saturated carbocycles. The van der Waals surface area contributed by atoms with Gasteiger partial charge < -0.3 is 34.3 Å². The van der Waals surface area contributed by atoms with Crippen molar-refractivity contribution in [2.45, 2.75) is 77.0 Å². The Balaban J connectivity index is 0.000000159. The summed E-state index contributed by atoms with van der Waals surface area (Å²) in [5.41, 5.74) is 15.4. The summed E-state index contributed by atoms with van der Waals surface area (Å²) in [6.45, 7) is -0.608. The second kappa shape index (κ2) is 30.7. The Morgan fingerprint density at radius 2 is 0.796 bits per heavy atom. The van der Waals surface area contributed by atoms with Crippen LogP contribution in [-0.2, 0) is 48.5 Å². The van der Waals surface area contributed by atoms with Gasteiger partial charge in [-0.1, -0.05) is 121 Å². The van der Waals surface area contributed by atoms with Crippen molar-refractivity contribution >= 4 is 54.6 Å². The minimum atomic E-state index is -4.37. The predicted molar refractivity (Wildman–Crippen MR) is 360 cm³/mol. The van der Waals surface area contributed by atoms with Gasteiger partial charge in [0, 0.05) is 30.4 Å². The zero-order chi connectivity index (χ0) is 69.8. The van der Waals surface area contributed by atoms with E-state index in [1.54, 1.807) is 86.6 Å². The fraction of sp³-hybridized carbons (Fsp3) is 0.216. The number of Topliss-reactive ketones (excluding diaryl/α,β-unsaturated/α-hetero) is 1. The van der Waals surface area contributed by atoms with Crippen LogP contribution in [0.4, 0.5) is 45.2 Å². The Morgan fingerprint density at radius 1 is 0.459 bits per heavy atom. The summed E-state index contributed by atoms with van der Waals surface area (Å²) >= 11 is 0. The largest absolute Gasteiger partial charge is 0.484 e. The second-order valence-corrected chi connectivity index (χ2v) is 24.9. The number of aryl methyl sites for hydroxylation is 6. The number of nitrogens with one attached hydrogen (secondary N) is 4. The Morgan fingerprint density at radius 3 is 1.16 bits per heavy atom. The van der Waals surface area contributed by atoms with Gasteiger partial charge in [-0.05, 0) is 162 Å². The normalized spacial score (nSPS) is 12.2. The van der Waals surface area contributed by atoms with Gasteiger partial charge in [-0.15, -0.1) is 0 Å². The van der Waals surface area contributed by atoms with Gasteiger partial charge >= 0.3 is 18.5 Å². The summed E-state index contributed by atoms with van der Waals surface area (Å²) in [7, 11) is -3.42. The van der Waals surface area contributed by atoms with E-state index in [9.17, 15) is 57.8 Å². The van der Waals surface area contributed by atoms with Gasteiger partial charge in [0.05, 0.1) is 51.1 Å². The molecule has 0 radical (unpaired) electrons. The van der Waals surface area contributed by atoms with E-state index in [1.165, 1.54) is 12.1 Å². The molecule has 0 saturated heterocycles. The number of imidazole rings is 3. The number of benzene rings is 9. The highest BCUT2D eigenvalue weighted by atomic mass is 32.2. The summed E-state index contributed by atoms with van der Waals surface area (Å²) in [5.74, 6) is 2.98. The fourth-order valence-corrected chi connectivity index (χ4v) is 11.4. The van der Waals surface area contributed by atoms with E-state index in [0.29, 0.717) is 49.8 Å².